The number of benzene rings is 2. The van der Waals surface area contributed by atoms with Gasteiger partial charge in [0.15, 0.2) is 11.1 Å². The third kappa shape index (κ3) is 4.89. The van der Waals surface area contributed by atoms with Gasteiger partial charge in [-0.05, 0) is 43.7 Å². The fourth-order valence-corrected chi connectivity index (χ4v) is 5.37. The van der Waals surface area contributed by atoms with Crippen LogP contribution in [-0.2, 0) is 16.9 Å². The summed E-state index contributed by atoms with van der Waals surface area (Å²) in [4.78, 5) is 19.4. The van der Waals surface area contributed by atoms with Gasteiger partial charge in [0.25, 0.3) is 5.91 Å². The summed E-state index contributed by atoms with van der Waals surface area (Å²) >= 11 is 1.43. The van der Waals surface area contributed by atoms with Crippen molar-refractivity contribution in [2.24, 2.45) is 16.6 Å². The molecule has 4 N–H and O–H groups in total. The average Bonchev–Trinajstić information content (AvgIpc) is 3.19. The van der Waals surface area contributed by atoms with E-state index in [9.17, 15) is 4.79 Å². The lowest BCUT2D eigenvalue weighted by Crippen LogP contribution is -2.43. The van der Waals surface area contributed by atoms with Crippen molar-refractivity contribution in [2.75, 3.05) is 18.8 Å². The summed E-state index contributed by atoms with van der Waals surface area (Å²) in [6.07, 6.45) is 0.0491. The minimum absolute atomic E-state index is 0.0491. The number of ether oxygens (including phenoxy) is 1. The van der Waals surface area contributed by atoms with Gasteiger partial charge >= 0.3 is 0 Å². The van der Waals surface area contributed by atoms with Crippen LogP contribution in [0, 0.1) is 17.1 Å². The van der Waals surface area contributed by atoms with Crippen molar-refractivity contribution in [1.82, 2.24) is 10.2 Å². The molecule has 2 aliphatic heterocycles. The summed E-state index contributed by atoms with van der Waals surface area (Å²) in [6.45, 7) is 5.02. The molecule has 2 atom stereocenters. The van der Waals surface area contributed by atoms with E-state index in [2.05, 4.69) is 5.32 Å². The summed E-state index contributed by atoms with van der Waals surface area (Å²) in [7, 11) is 0. The van der Waals surface area contributed by atoms with Crippen LogP contribution in [0.2, 0.25) is 0 Å². The zero-order valence-corrected chi connectivity index (χ0v) is 19.5. The number of halogens is 1. The number of nitrogens with one attached hydrogen (secondary N) is 2. The zero-order chi connectivity index (χ0) is 23.6. The number of carbonyl (C=O) groups is 1. The highest BCUT2D eigenvalue weighted by atomic mass is 32.2. The Morgan fingerprint density at radius 2 is 2.12 bits per heavy atom. The normalized spacial score (nSPS) is 22.1. The SMILES string of the molecule is CC(C)OCc1ccc(F)c(C23CN(C(=N)N)CC2CSC(NC(=O)c2ccccc2)=N3)c1. The van der Waals surface area contributed by atoms with Crippen molar-refractivity contribution in [2.45, 2.75) is 32.1 Å². The Labute approximate surface area is 197 Å². The first-order valence-electron chi connectivity index (χ1n) is 10.9. The number of likely N-dealkylation sites (tertiary alicyclic amines) is 1. The van der Waals surface area contributed by atoms with E-state index >= 15 is 4.39 Å². The molecule has 174 valence electrons. The van der Waals surface area contributed by atoms with Crippen molar-refractivity contribution < 1.29 is 13.9 Å². The van der Waals surface area contributed by atoms with Crippen LogP contribution in [0.15, 0.2) is 53.5 Å². The molecule has 1 amide bonds. The molecule has 1 fully saturated rings. The molecule has 2 aromatic rings. The molecule has 1 saturated heterocycles. The topological polar surface area (TPSA) is 104 Å². The van der Waals surface area contributed by atoms with E-state index in [0.29, 0.717) is 35.2 Å². The van der Waals surface area contributed by atoms with Crippen molar-refractivity contribution in [3.05, 3.63) is 71.0 Å². The molecule has 0 radical (unpaired) electrons. The Morgan fingerprint density at radius 3 is 2.82 bits per heavy atom. The van der Waals surface area contributed by atoms with Crippen LogP contribution >= 0.6 is 11.8 Å². The van der Waals surface area contributed by atoms with E-state index in [0.717, 1.165) is 5.56 Å². The lowest BCUT2D eigenvalue weighted by Gasteiger charge is -2.36. The minimum atomic E-state index is -0.964. The van der Waals surface area contributed by atoms with Crippen LogP contribution in [0.25, 0.3) is 0 Å². The van der Waals surface area contributed by atoms with Crippen LogP contribution in [0.5, 0.6) is 0 Å². The van der Waals surface area contributed by atoms with Crippen LogP contribution < -0.4 is 11.1 Å². The lowest BCUT2D eigenvalue weighted by atomic mass is 9.81. The van der Waals surface area contributed by atoms with Crippen molar-refractivity contribution in [3.8, 4) is 0 Å². The molecular weight excluding hydrogens is 441 g/mol. The van der Waals surface area contributed by atoms with Gasteiger partial charge in [0.2, 0.25) is 0 Å². The number of nitrogens with two attached hydrogens (primary N) is 1. The third-order valence-electron chi connectivity index (χ3n) is 5.95. The maximum atomic E-state index is 15.3. The molecule has 0 saturated carbocycles. The Hall–Kier alpha value is -2.91. The smallest absolute Gasteiger partial charge is 0.257 e. The molecule has 0 aromatic heterocycles. The number of amides is 1. The van der Waals surface area contributed by atoms with Crippen LogP contribution in [0.1, 0.15) is 35.3 Å². The van der Waals surface area contributed by atoms with Gasteiger partial charge in [0, 0.05) is 29.3 Å². The molecule has 2 unspecified atom stereocenters. The van der Waals surface area contributed by atoms with E-state index in [1.807, 2.05) is 19.9 Å². The largest absolute Gasteiger partial charge is 0.374 e. The van der Waals surface area contributed by atoms with E-state index < -0.39 is 5.54 Å². The summed E-state index contributed by atoms with van der Waals surface area (Å²) in [5.74, 6) is -0.165. The number of guanidine groups is 1. The average molecular weight is 470 g/mol. The molecule has 2 aromatic carbocycles. The number of hydrogen-bond donors (Lipinski definition) is 3. The number of nitrogens with zero attached hydrogens (tertiary/aromatic N) is 2. The monoisotopic (exact) mass is 469 g/mol. The number of aliphatic imine (C=N–C) groups is 1. The van der Waals surface area contributed by atoms with E-state index in [1.165, 1.54) is 17.8 Å². The highest BCUT2D eigenvalue weighted by Crippen LogP contribution is 2.46. The molecule has 4 rings (SSSR count). The van der Waals surface area contributed by atoms with Crippen LogP contribution in [0.4, 0.5) is 4.39 Å². The van der Waals surface area contributed by atoms with E-state index in [1.54, 1.807) is 41.3 Å². The van der Waals surface area contributed by atoms with Crippen LogP contribution in [-0.4, -0.2) is 46.9 Å². The first-order chi connectivity index (χ1) is 15.8. The maximum Gasteiger partial charge on any atom is 0.257 e. The van der Waals surface area contributed by atoms with Crippen molar-refractivity contribution >= 4 is 28.8 Å². The standard InChI is InChI=1S/C24H28FN5O2S/c1-15(2)32-12-16-8-9-20(25)19(10-16)24-14-30(22(26)27)11-18(24)13-33-23(29-24)28-21(31)17-6-4-3-5-7-17/h3-10,15,18H,11-14H2,1-2H3,(H3,26,27)(H,28,29,31). The minimum Gasteiger partial charge on any atom is -0.374 e. The highest BCUT2D eigenvalue weighted by Gasteiger charge is 2.52. The maximum absolute atomic E-state index is 15.3. The molecule has 0 spiro atoms. The second-order valence-corrected chi connectivity index (χ2v) is 9.62. The Kier molecular flexibility index (Phi) is 6.71. The van der Waals surface area contributed by atoms with Gasteiger partial charge < -0.3 is 20.7 Å². The fraction of sp³-hybridized carbons (Fsp3) is 0.375. The fourth-order valence-electron chi connectivity index (χ4n) is 4.24. The van der Waals surface area contributed by atoms with Crippen LogP contribution in [0.3, 0.4) is 0 Å². The predicted octanol–water partition coefficient (Wildman–Crippen LogP) is 3.30. The quantitative estimate of drug-likeness (QED) is 0.461. The number of rotatable bonds is 5. The van der Waals surface area contributed by atoms with Gasteiger partial charge in [-0.1, -0.05) is 36.0 Å². The van der Waals surface area contributed by atoms with Gasteiger partial charge in [-0.15, -0.1) is 0 Å². The second kappa shape index (κ2) is 9.52. The molecule has 33 heavy (non-hydrogen) atoms. The number of fused-ring (bicyclic) bond motifs is 1. The summed E-state index contributed by atoms with van der Waals surface area (Å²) < 4.78 is 21.0. The van der Waals surface area contributed by atoms with Gasteiger partial charge in [-0.25, -0.2) is 9.38 Å². The molecule has 7 nitrogen and oxygen atoms in total. The summed E-state index contributed by atoms with van der Waals surface area (Å²) in [5, 5.41) is 11.3. The van der Waals surface area contributed by atoms with Gasteiger partial charge in [0.05, 0.1) is 19.3 Å². The number of carbonyl (C=O) groups excluding carboxylic acids is 1. The molecular formula is C24H28FN5O2S. The first-order valence-corrected chi connectivity index (χ1v) is 11.9. The van der Waals surface area contributed by atoms with Crippen molar-refractivity contribution in [1.29, 1.82) is 5.41 Å². The molecule has 2 heterocycles. The lowest BCUT2D eigenvalue weighted by molar-refractivity contribution is 0.0655. The highest BCUT2D eigenvalue weighted by molar-refractivity contribution is 8.13. The Balaban J connectivity index is 1.72. The number of amidine groups is 1. The summed E-state index contributed by atoms with van der Waals surface area (Å²) in [5.41, 5.74) is 6.64. The Morgan fingerprint density at radius 1 is 1.36 bits per heavy atom. The molecule has 0 aliphatic carbocycles. The molecule has 9 heteroatoms. The van der Waals surface area contributed by atoms with E-state index in [-0.39, 0.29) is 36.3 Å². The molecule has 2 aliphatic rings. The van der Waals surface area contributed by atoms with Crippen molar-refractivity contribution in [3.63, 3.8) is 0 Å². The van der Waals surface area contributed by atoms with Gasteiger partial charge in [-0.2, -0.15) is 0 Å². The third-order valence-corrected chi connectivity index (χ3v) is 6.98. The molecule has 0 bridgehead atoms. The number of thioether (sulfide) groups is 1. The Bertz CT molecular complexity index is 1080. The number of hydrogen-bond acceptors (Lipinski definition) is 5. The van der Waals surface area contributed by atoms with E-state index in [4.69, 9.17) is 20.9 Å². The van der Waals surface area contributed by atoms with Gasteiger partial charge in [0.1, 0.15) is 11.4 Å². The van der Waals surface area contributed by atoms with Gasteiger partial charge in [-0.3, -0.25) is 10.2 Å². The summed E-state index contributed by atoms with van der Waals surface area (Å²) in [6, 6.07) is 13.8. The second-order valence-electron chi connectivity index (χ2n) is 8.61. The first kappa shape index (κ1) is 23.3. The zero-order valence-electron chi connectivity index (χ0n) is 18.7. The predicted molar refractivity (Wildman–Crippen MR) is 129 cm³/mol.